The lowest BCUT2D eigenvalue weighted by Gasteiger charge is -2.16. The van der Waals surface area contributed by atoms with E-state index in [9.17, 15) is 23.7 Å². The standard InChI is InChI=1S/C26H20F2N4O4/c1-30-14-19(12-29-30)17-7-5-16(6-8-17)13-31-15-18-3-2-4-23(24(18)26(31)33)36-22-10-9-20(32(34)35)11-21(22)25(27)28/h2-12,14,25H,13,15H2,1H3. The number of hydrogen-bond acceptors (Lipinski definition) is 5. The summed E-state index contributed by atoms with van der Waals surface area (Å²) in [4.78, 5) is 25.2. The molecule has 10 heteroatoms. The second-order valence-corrected chi connectivity index (χ2v) is 8.43. The Balaban J connectivity index is 1.37. The summed E-state index contributed by atoms with van der Waals surface area (Å²) in [5.41, 5.74) is 2.86. The Morgan fingerprint density at radius 1 is 1.08 bits per heavy atom. The summed E-state index contributed by atoms with van der Waals surface area (Å²) in [5, 5.41) is 15.2. The topological polar surface area (TPSA) is 90.5 Å². The number of rotatable bonds is 7. The summed E-state index contributed by atoms with van der Waals surface area (Å²) in [6.07, 6.45) is 0.710. The van der Waals surface area contributed by atoms with E-state index in [0.717, 1.165) is 34.9 Å². The van der Waals surface area contributed by atoms with Crippen LogP contribution in [0, 0.1) is 10.1 Å². The molecule has 0 N–H and O–H groups in total. The van der Waals surface area contributed by atoms with Crippen molar-refractivity contribution in [3.05, 3.63) is 105 Å². The van der Waals surface area contributed by atoms with E-state index in [4.69, 9.17) is 4.74 Å². The van der Waals surface area contributed by atoms with E-state index in [0.29, 0.717) is 24.2 Å². The molecule has 0 saturated heterocycles. The molecule has 0 unspecified atom stereocenters. The lowest BCUT2D eigenvalue weighted by Crippen LogP contribution is -2.23. The van der Waals surface area contributed by atoms with Crippen molar-refractivity contribution in [2.45, 2.75) is 19.5 Å². The summed E-state index contributed by atoms with van der Waals surface area (Å²) in [6, 6.07) is 15.8. The van der Waals surface area contributed by atoms with Gasteiger partial charge in [-0.1, -0.05) is 36.4 Å². The SMILES string of the molecule is Cn1cc(-c2ccc(CN3Cc4cccc(Oc5ccc([N+](=O)[O-])cc5C(F)F)c4C3=O)cc2)cn1. The molecule has 3 aromatic carbocycles. The fraction of sp³-hybridized carbons (Fsp3) is 0.154. The molecular weight excluding hydrogens is 470 g/mol. The minimum absolute atomic E-state index is 0.127. The highest BCUT2D eigenvalue weighted by Crippen LogP contribution is 2.39. The highest BCUT2D eigenvalue weighted by atomic mass is 19.3. The molecule has 5 rings (SSSR count). The van der Waals surface area contributed by atoms with Crippen molar-refractivity contribution in [2.24, 2.45) is 7.05 Å². The van der Waals surface area contributed by atoms with Gasteiger partial charge < -0.3 is 9.64 Å². The molecule has 182 valence electrons. The van der Waals surface area contributed by atoms with Crippen LogP contribution >= 0.6 is 0 Å². The van der Waals surface area contributed by atoms with Crippen LogP contribution in [-0.4, -0.2) is 25.5 Å². The molecule has 0 radical (unpaired) electrons. The number of hydrogen-bond donors (Lipinski definition) is 0. The smallest absolute Gasteiger partial charge is 0.270 e. The van der Waals surface area contributed by atoms with E-state index in [1.807, 2.05) is 37.5 Å². The number of nitro benzene ring substituents is 1. The van der Waals surface area contributed by atoms with Crippen LogP contribution in [0.15, 0.2) is 73.1 Å². The van der Waals surface area contributed by atoms with Crippen molar-refractivity contribution in [1.82, 2.24) is 14.7 Å². The molecule has 1 amide bonds. The van der Waals surface area contributed by atoms with Crippen LogP contribution in [0.25, 0.3) is 11.1 Å². The van der Waals surface area contributed by atoms with Crippen LogP contribution in [0.4, 0.5) is 14.5 Å². The Morgan fingerprint density at radius 3 is 2.53 bits per heavy atom. The number of halogens is 2. The van der Waals surface area contributed by atoms with Crippen molar-refractivity contribution in [3.63, 3.8) is 0 Å². The molecule has 1 aliphatic heterocycles. The Hall–Kier alpha value is -4.60. The van der Waals surface area contributed by atoms with Crippen LogP contribution in [0.2, 0.25) is 0 Å². The maximum atomic E-state index is 13.6. The molecule has 2 heterocycles. The number of aryl methyl sites for hydroxylation is 1. The van der Waals surface area contributed by atoms with Crippen molar-refractivity contribution >= 4 is 11.6 Å². The van der Waals surface area contributed by atoms with E-state index in [1.54, 1.807) is 27.9 Å². The monoisotopic (exact) mass is 490 g/mol. The zero-order valence-electron chi connectivity index (χ0n) is 19.1. The predicted octanol–water partition coefficient (Wildman–Crippen LogP) is 5.88. The van der Waals surface area contributed by atoms with Crippen molar-refractivity contribution in [3.8, 4) is 22.6 Å². The minimum atomic E-state index is -2.99. The highest BCUT2D eigenvalue weighted by molar-refractivity contribution is 6.01. The number of fused-ring (bicyclic) bond motifs is 1. The van der Waals surface area contributed by atoms with Gasteiger partial charge in [-0.3, -0.25) is 19.6 Å². The van der Waals surface area contributed by atoms with Gasteiger partial charge in [0.05, 0.1) is 22.2 Å². The molecule has 4 aromatic rings. The van der Waals surface area contributed by atoms with Gasteiger partial charge in [0.15, 0.2) is 0 Å². The molecule has 36 heavy (non-hydrogen) atoms. The summed E-state index contributed by atoms with van der Waals surface area (Å²) in [7, 11) is 1.85. The van der Waals surface area contributed by atoms with Crippen LogP contribution in [-0.2, 0) is 20.1 Å². The van der Waals surface area contributed by atoms with E-state index < -0.39 is 22.6 Å². The van der Waals surface area contributed by atoms with Crippen molar-refractivity contribution in [2.75, 3.05) is 0 Å². The van der Waals surface area contributed by atoms with Gasteiger partial charge in [0.25, 0.3) is 18.0 Å². The van der Waals surface area contributed by atoms with Crippen LogP contribution in [0.3, 0.4) is 0 Å². The zero-order valence-corrected chi connectivity index (χ0v) is 19.1. The number of nitro groups is 1. The second kappa shape index (κ2) is 9.21. The number of ether oxygens (including phenoxy) is 1. The first-order valence-electron chi connectivity index (χ1n) is 11.0. The number of carbonyl (C=O) groups excluding carboxylic acids is 1. The third-order valence-electron chi connectivity index (χ3n) is 6.00. The number of amides is 1. The molecule has 0 fully saturated rings. The Morgan fingerprint density at radius 2 is 1.86 bits per heavy atom. The van der Waals surface area contributed by atoms with Gasteiger partial charge in [0.2, 0.25) is 0 Å². The van der Waals surface area contributed by atoms with Gasteiger partial charge in [-0.25, -0.2) is 8.78 Å². The third kappa shape index (κ3) is 4.40. The second-order valence-electron chi connectivity index (χ2n) is 8.43. The lowest BCUT2D eigenvalue weighted by molar-refractivity contribution is -0.385. The Bertz CT molecular complexity index is 1470. The van der Waals surface area contributed by atoms with Crippen molar-refractivity contribution in [1.29, 1.82) is 0 Å². The highest BCUT2D eigenvalue weighted by Gasteiger charge is 2.31. The number of benzene rings is 3. The van der Waals surface area contributed by atoms with Crippen LogP contribution < -0.4 is 4.74 Å². The number of aromatic nitrogens is 2. The molecule has 1 aliphatic rings. The summed E-state index contributed by atoms with van der Waals surface area (Å²) < 4.78 is 34.6. The minimum Gasteiger partial charge on any atom is -0.456 e. The Kier molecular flexibility index (Phi) is 5.93. The first kappa shape index (κ1) is 23.2. The number of alkyl halides is 2. The van der Waals surface area contributed by atoms with Gasteiger partial charge in [-0.05, 0) is 28.8 Å². The zero-order chi connectivity index (χ0) is 25.4. The lowest BCUT2D eigenvalue weighted by atomic mass is 10.1. The number of non-ortho nitro benzene ring substituents is 1. The molecule has 8 nitrogen and oxygen atoms in total. The number of nitrogens with zero attached hydrogens (tertiary/aromatic N) is 4. The average molecular weight is 490 g/mol. The maximum absolute atomic E-state index is 13.6. The summed E-state index contributed by atoms with van der Waals surface area (Å²) in [6.45, 7) is 0.706. The van der Waals surface area contributed by atoms with E-state index in [-0.39, 0.29) is 17.4 Å². The van der Waals surface area contributed by atoms with Gasteiger partial charge in [0.1, 0.15) is 11.5 Å². The maximum Gasteiger partial charge on any atom is 0.270 e. The van der Waals surface area contributed by atoms with E-state index in [2.05, 4.69) is 5.10 Å². The van der Waals surface area contributed by atoms with Crippen LogP contribution in [0.5, 0.6) is 11.5 Å². The predicted molar refractivity (Wildman–Crippen MR) is 127 cm³/mol. The summed E-state index contributed by atoms with van der Waals surface area (Å²) >= 11 is 0. The largest absolute Gasteiger partial charge is 0.456 e. The first-order valence-corrected chi connectivity index (χ1v) is 11.0. The third-order valence-corrected chi connectivity index (χ3v) is 6.00. The average Bonchev–Trinajstić information content (AvgIpc) is 3.43. The molecule has 0 spiro atoms. The van der Waals surface area contributed by atoms with E-state index >= 15 is 0 Å². The molecular formula is C26H20F2N4O4. The fourth-order valence-electron chi connectivity index (χ4n) is 4.22. The van der Waals surface area contributed by atoms with Gasteiger partial charge in [0, 0.05) is 44.0 Å². The van der Waals surface area contributed by atoms with Gasteiger partial charge >= 0.3 is 0 Å². The normalized spacial score (nSPS) is 12.8. The molecule has 0 atom stereocenters. The van der Waals surface area contributed by atoms with E-state index in [1.165, 1.54) is 6.07 Å². The Labute approximate surface area is 204 Å². The van der Waals surface area contributed by atoms with Gasteiger partial charge in [-0.15, -0.1) is 0 Å². The molecule has 0 bridgehead atoms. The van der Waals surface area contributed by atoms with Gasteiger partial charge in [-0.2, -0.15) is 5.10 Å². The molecule has 0 aliphatic carbocycles. The summed E-state index contributed by atoms with van der Waals surface area (Å²) in [5.74, 6) is -0.388. The molecule has 0 saturated carbocycles. The quantitative estimate of drug-likeness (QED) is 0.238. The van der Waals surface area contributed by atoms with Crippen LogP contribution in [0.1, 0.15) is 33.5 Å². The first-order chi connectivity index (χ1) is 17.3. The molecule has 1 aromatic heterocycles. The number of carbonyl (C=O) groups is 1. The fourth-order valence-corrected chi connectivity index (χ4v) is 4.22. The van der Waals surface area contributed by atoms with Crippen molar-refractivity contribution < 1.29 is 23.2 Å².